The second-order valence-electron chi connectivity index (χ2n) is 7.49. The Hall–Kier alpha value is -3.00. The summed E-state index contributed by atoms with van der Waals surface area (Å²) in [7, 11) is 0. The van der Waals surface area contributed by atoms with Gasteiger partial charge in [0.2, 0.25) is 11.1 Å². The highest BCUT2D eigenvalue weighted by Gasteiger charge is 2.37. The minimum Gasteiger partial charge on any atom is -0.494 e. The Kier molecular flexibility index (Phi) is 6.46. The lowest BCUT2D eigenvalue weighted by Gasteiger charge is -2.33. The smallest absolute Gasteiger partial charge is 0.240 e. The molecule has 2 aromatic carbocycles. The van der Waals surface area contributed by atoms with Gasteiger partial charge in [0.15, 0.2) is 5.82 Å². The van der Waals surface area contributed by atoms with Gasteiger partial charge in [-0.05, 0) is 55.7 Å². The van der Waals surface area contributed by atoms with Crippen molar-refractivity contribution in [1.29, 1.82) is 0 Å². The van der Waals surface area contributed by atoms with Crippen LogP contribution in [0.15, 0.2) is 53.7 Å². The van der Waals surface area contributed by atoms with Crippen LogP contribution in [-0.2, 0) is 11.2 Å². The van der Waals surface area contributed by atoms with Crippen LogP contribution in [0.1, 0.15) is 43.3 Å². The summed E-state index contributed by atoms with van der Waals surface area (Å²) in [4.78, 5) is 13.3. The Bertz CT molecular complexity index is 1050. The van der Waals surface area contributed by atoms with Crippen molar-refractivity contribution in [2.45, 2.75) is 50.1 Å². The highest BCUT2D eigenvalue weighted by Crippen LogP contribution is 2.38. The molecule has 3 aromatic rings. The number of aryl methyl sites for hydroxylation is 2. The summed E-state index contributed by atoms with van der Waals surface area (Å²) in [6.45, 7) is 6.69. The predicted molar refractivity (Wildman–Crippen MR) is 123 cm³/mol. The van der Waals surface area contributed by atoms with Crippen molar-refractivity contribution in [1.82, 2.24) is 14.9 Å². The number of hydrogen-bond donors (Lipinski definition) is 2. The van der Waals surface area contributed by atoms with Crippen molar-refractivity contribution in [3.05, 3.63) is 65.5 Å². The molecule has 162 valence electrons. The summed E-state index contributed by atoms with van der Waals surface area (Å²) < 4.78 is 7.50. The van der Waals surface area contributed by atoms with Crippen LogP contribution in [0.4, 0.5) is 5.69 Å². The summed E-state index contributed by atoms with van der Waals surface area (Å²) in [5.74, 6) is 1.61. The first-order chi connectivity index (χ1) is 15.1. The molecule has 4 rings (SSSR count). The largest absolute Gasteiger partial charge is 0.494 e. The maximum atomic E-state index is 13.3. The number of rotatable bonds is 7. The predicted octanol–water partition coefficient (Wildman–Crippen LogP) is 4.34. The molecular weight excluding hydrogens is 410 g/mol. The molecule has 0 saturated heterocycles. The molecule has 1 aliphatic heterocycles. The van der Waals surface area contributed by atoms with Gasteiger partial charge in [-0.25, -0.2) is 4.68 Å². The van der Waals surface area contributed by atoms with E-state index in [0.29, 0.717) is 11.8 Å². The Balaban J connectivity index is 1.65. The van der Waals surface area contributed by atoms with Crippen LogP contribution in [0, 0.1) is 6.92 Å². The fraction of sp³-hybridized carbons (Fsp3) is 0.348. The number of anilines is 1. The van der Waals surface area contributed by atoms with Gasteiger partial charge in [0.25, 0.3) is 0 Å². The molecule has 1 amide bonds. The SMILES string of the molecule is CCCc1nnc2n1N[C@H](c1ccc(OCC)cc1)[C@H](C(=O)Nc1cccc(C)c1)S2. The van der Waals surface area contributed by atoms with E-state index in [4.69, 9.17) is 4.74 Å². The molecule has 2 N–H and O–H groups in total. The van der Waals surface area contributed by atoms with Crippen molar-refractivity contribution in [3.63, 3.8) is 0 Å². The molecule has 8 heteroatoms. The van der Waals surface area contributed by atoms with Gasteiger partial charge >= 0.3 is 0 Å². The van der Waals surface area contributed by atoms with E-state index in [-0.39, 0.29) is 11.9 Å². The number of aromatic nitrogens is 3. The fourth-order valence-electron chi connectivity index (χ4n) is 3.61. The van der Waals surface area contributed by atoms with Gasteiger partial charge in [0.05, 0.1) is 12.6 Å². The summed E-state index contributed by atoms with van der Waals surface area (Å²) in [5, 5.41) is 12.0. The number of fused-ring (bicyclic) bond motifs is 1. The molecule has 0 radical (unpaired) electrons. The molecule has 7 nitrogen and oxygen atoms in total. The fourth-order valence-corrected chi connectivity index (χ4v) is 4.71. The Morgan fingerprint density at radius 1 is 1.19 bits per heavy atom. The average Bonchev–Trinajstić information content (AvgIpc) is 3.16. The topological polar surface area (TPSA) is 81.1 Å². The average molecular weight is 438 g/mol. The number of amides is 1. The molecule has 1 aromatic heterocycles. The van der Waals surface area contributed by atoms with Crippen molar-refractivity contribution >= 4 is 23.4 Å². The van der Waals surface area contributed by atoms with Crippen LogP contribution < -0.4 is 15.5 Å². The van der Waals surface area contributed by atoms with Gasteiger partial charge in [-0.3, -0.25) is 4.79 Å². The highest BCUT2D eigenvalue weighted by molar-refractivity contribution is 8.00. The first kappa shape index (κ1) is 21.2. The van der Waals surface area contributed by atoms with Gasteiger partial charge in [-0.2, -0.15) is 0 Å². The number of thioether (sulfide) groups is 1. The van der Waals surface area contributed by atoms with Crippen LogP contribution >= 0.6 is 11.8 Å². The van der Waals surface area contributed by atoms with E-state index in [1.807, 2.05) is 67.1 Å². The van der Waals surface area contributed by atoms with Gasteiger partial charge in [0.1, 0.15) is 11.0 Å². The summed E-state index contributed by atoms with van der Waals surface area (Å²) >= 11 is 1.44. The van der Waals surface area contributed by atoms with Crippen molar-refractivity contribution in [2.24, 2.45) is 0 Å². The van der Waals surface area contributed by atoms with E-state index in [9.17, 15) is 4.79 Å². The molecule has 1 aliphatic rings. The number of hydrogen-bond acceptors (Lipinski definition) is 6. The number of benzene rings is 2. The lowest BCUT2D eigenvalue weighted by Crippen LogP contribution is -2.41. The molecule has 31 heavy (non-hydrogen) atoms. The van der Waals surface area contributed by atoms with Gasteiger partial charge in [0, 0.05) is 12.1 Å². The van der Waals surface area contributed by atoms with E-state index < -0.39 is 5.25 Å². The standard InChI is InChI=1S/C23H27N5O2S/c1-4-7-19-25-26-23-28(19)27-20(16-10-12-18(13-11-16)30-5-2)21(31-23)22(29)24-17-9-6-8-15(3)14-17/h6,8-14,20-21,27H,4-5,7H2,1-3H3,(H,24,29)/t20-,21-/m1/s1. The Morgan fingerprint density at radius 3 is 2.71 bits per heavy atom. The summed E-state index contributed by atoms with van der Waals surface area (Å²) in [6, 6.07) is 15.5. The van der Waals surface area contributed by atoms with Crippen molar-refractivity contribution in [2.75, 3.05) is 17.3 Å². The Morgan fingerprint density at radius 2 is 2.00 bits per heavy atom. The monoisotopic (exact) mass is 437 g/mol. The molecular formula is C23H27N5O2S. The highest BCUT2D eigenvalue weighted by atomic mass is 32.2. The molecule has 2 heterocycles. The quantitative estimate of drug-likeness (QED) is 0.572. The van der Waals surface area contributed by atoms with Gasteiger partial charge in [-0.15, -0.1) is 10.2 Å². The van der Waals surface area contributed by atoms with Crippen LogP contribution in [0.5, 0.6) is 5.75 Å². The van der Waals surface area contributed by atoms with Gasteiger partial charge in [-0.1, -0.05) is 43.0 Å². The lowest BCUT2D eigenvalue weighted by molar-refractivity contribution is -0.116. The first-order valence-electron chi connectivity index (χ1n) is 10.6. The molecule has 0 fully saturated rings. The maximum Gasteiger partial charge on any atom is 0.240 e. The number of carbonyl (C=O) groups is 1. The van der Waals surface area contributed by atoms with E-state index in [1.54, 1.807) is 0 Å². The van der Waals surface area contributed by atoms with E-state index in [1.165, 1.54) is 11.8 Å². The normalized spacial score (nSPS) is 17.5. The van der Waals surface area contributed by atoms with E-state index >= 15 is 0 Å². The second kappa shape index (κ2) is 9.43. The Labute approximate surface area is 186 Å². The zero-order chi connectivity index (χ0) is 21.8. The third-order valence-corrected chi connectivity index (χ3v) is 6.29. The van der Waals surface area contributed by atoms with Gasteiger partial charge < -0.3 is 15.5 Å². The molecule has 0 spiro atoms. The van der Waals surface area contributed by atoms with E-state index in [0.717, 1.165) is 41.2 Å². The molecule has 0 aliphatic carbocycles. The van der Waals surface area contributed by atoms with Crippen LogP contribution in [0.3, 0.4) is 0 Å². The van der Waals surface area contributed by atoms with Crippen LogP contribution in [0.2, 0.25) is 0 Å². The van der Waals surface area contributed by atoms with Crippen LogP contribution in [0.25, 0.3) is 0 Å². The second-order valence-corrected chi connectivity index (χ2v) is 8.60. The molecule has 0 bridgehead atoms. The molecule has 2 atom stereocenters. The number of carbonyl (C=O) groups excluding carboxylic acids is 1. The molecule has 0 unspecified atom stereocenters. The first-order valence-corrected chi connectivity index (χ1v) is 11.4. The van der Waals surface area contributed by atoms with Crippen LogP contribution in [-0.4, -0.2) is 32.6 Å². The number of nitrogens with one attached hydrogen (secondary N) is 2. The summed E-state index contributed by atoms with van der Waals surface area (Å²) in [6.07, 6.45) is 1.78. The van der Waals surface area contributed by atoms with E-state index in [2.05, 4.69) is 27.9 Å². The maximum absolute atomic E-state index is 13.3. The number of ether oxygens (including phenoxy) is 1. The zero-order valence-electron chi connectivity index (χ0n) is 18.0. The third kappa shape index (κ3) is 4.69. The third-order valence-electron chi connectivity index (χ3n) is 5.07. The van der Waals surface area contributed by atoms with Crippen molar-refractivity contribution < 1.29 is 9.53 Å². The zero-order valence-corrected chi connectivity index (χ0v) is 18.8. The van der Waals surface area contributed by atoms with Crippen molar-refractivity contribution in [3.8, 4) is 5.75 Å². The number of nitrogens with zero attached hydrogens (tertiary/aromatic N) is 3. The molecule has 0 saturated carbocycles. The minimum absolute atomic E-state index is 0.0757. The lowest BCUT2D eigenvalue weighted by atomic mass is 10.0. The minimum atomic E-state index is -0.412. The summed E-state index contributed by atoms with van der Waals surface area (Å²) in [5.41, 5.74) is 6.38.